The Kier molecular flexibility index (Phi) is 8.25. The van der Waals surface area contributed by atoms with Gasteiger partial charge in [0.05, 0.1) is 5.69 Å². The number of hydrogen-bond acceptors (Lipinski definition) is 5. The van der Waals surface area contributed by atoms with E-state index in [-0.39, 0.29) is 5.92 Å². The Labute approximate surface area is 202 Å². The van der Waals surface area contributed by atoms with Gasteiger partial charge in [-0.1, -0.05) is 55.8 Å². The lowest BCUT2D eigenvalue weighted by molar-refractivity contribution is -0.140. The molecule has 1 amide bonds. The average Bonchev–Trinajstić information content (AvgIpc) is 3.27. The van der Waals surface area contributed by atoms with Crippen molar-refractivity contribution >= 4 is 39.9 Å². The molecule has 2 aromatic carbocycles. The quantitative estimate of drug-likeness (QED) is 0.372. The Hall–Kier alpha value is -3.16. The summed E-state index contributed by atoms with van der Waals surface area (Å²) in [5.41, 5.74) is 3.29. The molecule has 0 spiro atoms. The predicted molar refractivity (Wildman–Crippen MR) is 134 cm³/mol. The number of aliphatic carboxylic acids is 1. The first kappa shape index (κ1) is 24.5. The summed E-state index contributed by atoms with van der Waals surface area (Å²) in [6.45, 7) is 8.57. The summed E-state index contributed by atoms with van der Waals surface area (Å²) in [5.74, 6) is -1.66. The highest BCUT2D eigenvalue weighted by molar-refractivity contribution is 7.14. The third-order valence-electron chi connectivity index (χ3n) is 5.06. The molecule has 0 aliphatic rings. The Bertz CT molecular complexity index is 1110. The standard InChI is InChI=1S/C25H26ClN3O3S/c1-4-13-29(25-27-21(15-33-25)18-9-11-20(26)12-10-18)14-17-5-7-19(8-6-17)23(30)28-22(16(2)3)24(31)32/h4-12,15-16,22H,1,13-14H2,2-3H3,(H,28,30)(H,31,32). The average molecular weight is 484 g/mol. The maximum atomic E-state index is 12.5. The van der Waals surface area contributed by atoms with Gasteiger partial charge >= 0.3 is 5.97 Å². The van der Waals surface area contributed by atoms with E-state index in [0.29, 0.717) is 23.7 Å². The fraction of sp³-hybridized carbons (Fsp3) is 0.240. The van der Waals surface area contributed by atoms with Gasteiger partial charge in [0.2, 0.25) is 0 Å². The van der Waals surface area contributed by atoms with Crippen molar-refractivity contribution in [2.75, 3.05) is 11.4 Å². The van der Waals surface area contributed by atoms with E-state index in [2.05, 4.69) is 16.8 Å². The second kappa shape index (κ2) is 11.1. The summed E-state index contributed by atoms with van der Waals surface area (Å²) in [6.07, 6.45) is 1.82. The van der Waals surface area contributed by atoms with Crippen LogP contribution in [0.5, 0.6) is 0 Å². The van der Waals surface area contributed by atoms with Gasteiger partial charge in [-0.25, -0.2) is 9.78 Å². The number of aromatic nitrogens is 1. The molecule has 0 aliphatic carbocycles. The first-order chi connectivity index (χ1) is 15.8. The molecule has 0 fully saturated rings. The van der Waals surface area contributed by atoms with Gasteiger partial charge in [0.1, 0.15) is 6.04 Å². The molecular weight excluding hydrogens is 458 g/mol. The van der Waals surface area contributed by atoms with Crippen molar-refractivity contribution < 1.29 is 14.7 Å². The van der Waals surface area contributed by atoms with E-state index >= 15 is 0 Å². The van der Waals surface area contributed by atoms with E-state index < -0.39 is 17.9 Å². The lowest BCUT2D eigenvalue weighted by Crippen LogP contribution is -2.44. The fourth-order valence-corrected chi connectivity index (χ4v) is 4.22. The molecule has 0 radical (unpaired) electrons. The minimum absolute atomic E-state index is 0.214. The number of carbonyl (C=O) groups is 2. The number of amides is 1. The van der Waals surface area contributed by atoms with Crippen molar-refractivity contribution in [1.82, 2.24) is 10.3 Å². The minimum Gasteiger partial charge on any atom is -0.480 e. The number of nitrogens with zero attached hydrogens (tertiary/aromatic N) is 2. The van der Waals surface area contributed by atoms with Crippen LogP contribution in [0.15, 0.2) is 66.6 Å². The third-order valence-corrected chi connectivity index (χ3v) is 6.21. The monoisotopic (exact) mass is 483 g/mol. The highest BCUT2D eigenvalue weighted by Gasteiger charge is 2.24. The van der Waals surface area contributed by atoms with Crippen LogP contribution in [0.1, 0.15) is 29.8 Å². The van der Waals surface area contributed by atoms with Crippen molar-refractivity contribution in [2.45, 2.75) is 26.4 Å². The lowest BCUT2D eigenvalue weighted by Gasteiger charge is -2.20. The van der Waals surface area contributed by atoms with Crippen molar-refractivity contribution in [1.29, 1.82) is 0 Å². The molecule has 0 aliphatic heterocycles. The van der Waals surface area contributed by atoms with E-state index in [1.807, 2.05) is 47.9 Å². The van der Waals surface area contributed by atoms with Crippen LogP contribution in [0.3, 0.4) is 0 Å². The molecule has 3 rings (SSSR count). The van der Waals surface area contributed by atoms with Crippen molar-refractivity contribution in [2.24, 2.45) is 5.92 Å². The number of anilines is 1. The van der Waals surface area contributed by atoms with Crippen molar-refractivity contribution in [3.63, 3.8) is 0 Å². The Morgan fingerprint density at radius 1 is 1.18 bits per heavy atom. The summed E-state index contributed by atoms with van der Waals surface area (Å²) in [5, 5.41) is 15.4. The number of nitrogens with one attached hydrogen (secondary N) is 1. The number of benzene rings is 2. The van der Waals surface area contributed by atoms with Crippen molar-refractivity contribution in [3.05, 3.63) is 82.7 Å². The zero-order chi connectivity index (χ0) is 24.0. The zero-order valence-electron chi connectivity index (χ0n) is 18.5. The molecule has 8 heteroatoms. The van der Waals surface area contributed by atoms with Crippen LogP contribution >= 0.6 is 22.9 Å². The van der Waals surface area contributed by atoms with Crippen LogP contribution in [-0.4, -0.2) is 34.6 Å². The normalized spacial score (nSPS) is 11.8. The number of carbonyl (C=O) groups excluding carboxylic acids is 1. The van der Waals surface area contributed by atoms with Gasteiger partial charge in [-0.15, -0.1) is 17.9 Å². The highest BCUT2D eigenvalue weighted by Crippen LogP contribution is 2.29. The van der Waals surface area contributed by atoms with Gasteiger partial charge in [-0.2, -0.15) is 0 Å². The summed E-state index contributed by atoms with van der Waals surface area (Å²) in [7, 11) is 0. The molecule has 1 heterocycles. The van der Waals surface area contributed by atoms with Gasteiger partial charge in [0, 0.05) is 34.6 Å². The molecule has 1 atom stereocenters. The molecule has 33 heavy (non-hydrogen) atoms. The second-order valence-electron chi connectivity index (χ2n) is 7.92. The molecule has 0 saturated heterocycles. The molecule has 1 unspecified atom stereocenters. The van der Waals surface area contributed by atoms with Crippen LogP contribution in [0.2, 0.25) is 5.02 Å². The molecule has 6 nitrogen and oxygen atoms in total. The Morgan fingerprint density at radius 3 is 2.42 bits per heavy atom. The number of thiazole rings is 1. The molecule has 0 bridgehead atoms. The molecule has 172 valence electrons. The molecule has 3 aromatic rings. The summed E-state index contributed by atoms with van der Waals surface area (Å²) in [6, 6.07) is 13.8. The summed E-state index contributed by atoms with van der Waals surface area (Å²) >= 11 is 7.53. The highest BCUT2D eigenvalue weighted by atomic mass is 35.5. The van der Waals surface area contributed by atoms with E-state index in [9.17, 15) is 14.7 Å². The van der Waals surface area contributed by atoms with Crippen LogP contribution < -0.4 is 10.2 Å². The number of halogens is 1. The van der Waals surface area contributed by atoms with Crippen LogP contribution in [0.25, 0.3) is 11.3 Å². The SMILES string of the molecule is C=CCN(Cc1ccc(C(=O)NC(C(=O)O)C(C)C)cc1)c1nc(-c2ccc(Cl)cc2)cs1. The van der Waals surface area contributed by atoms with Gasteiger partial charge in [-0.05, 0) is 35.7 Å². The number of hydrogen-bond donors (Lipinski definition) is 2. The largest absolute Gasteiger partial charge is 0.480 e. The topological polar surface area (TPSA) is 82.5 Å². The fourth-order valence-electron chi connectivity index (χ4n) is 3.25. The van der Waals surface area contributed by atoms with E-state index in [1.54, 1.807) is 37.3 Å². The number of carboxylic acid groups (broad SMARTS) is 1. The van der Waals surface area contributed by atoms with Gasteiger partial charge < -0.3 is 15.3 Å². The van der Waals surface area contributed by atoms with Crippen molar-refractivity contribution in [3.8, 4) is 11.3 Å². The lowest BCUT2D eigenvalue weighted by atomic mass is 10.0. The van der Waals surface area contributed by atoms with E-state index in [1.165, 1.54) is 0 Å². The molecule has 1 aromatic heterocycles. The number of carboxylic acids is 1. The summed E-state index contributed by atoms with van der Waals surface area (Å²) < 4.78 is 0. The van der Waals surface area contributed by atoms with Gasteiger partial charge in [0.25, 0.3) is 5.91 Å². The minimum atomic E-state index is -1.04. The zero-order valence-corrected chi connectivity index (χ0v) is 20.1. The maximum absolute atomic E-state index is 12.5. The van der Waals surface area contributed by atoms with Gasteiger partial charge in [-0.3, -0.25) is 4.79 Å². The van der Waals surface area contributed by atoms with Crippen LogP contribution in [0.4, 0.5) is 5.13 Å². The first-order valence-electron chi connectivity index (χ1n) is 10.5. The number of rotatable bonds is 10. The molecule has 2 N–H and O–H groups in total. The Balaban J connectivity index is 1.71. The maximum Gasteiger partial charge on any atom is 0.326 e. The summed E-state index contributed by atoms with van der Waals surface area (Å²) in [4.78, 5) is 30.7. The van der Waals surface area contributed by atoms with Gasteiger partial charge in [0.15, 0.2) is 5.13 Å². The predicted octanol–water partition coefficient (Wildman–Crippen LogP) is 5.50. The van der Waals surface area contributed by atoms with Crippen LogP contribution in [0, 0.1) is 5.92 Å². The first-order valence-corrected chi connectivity index (χ1v) is 11.7. The molecular formula is C25H26ClN3O3S. The second-order valence-corrected chi connectivity index (χ2v) is 9.19. The third kappa shape index (κ3) is 6.43. The smallest absolute Gasteiger partial charge is 0.326 e. The Morgan fingerprint density at radius 2 is 1.85 bits per heavy atom. The molecule has 0 saturated carbocycles. The van der Waals surface area contributed by atoms with E-state index in [0.717, 1.165) is 22.0 Å². The van der Waals surface area contributed by atoms with Crippen LogP contribution in [-0.2, 0) is 11.3 Å². The van der Waals surface area contributed by atoms with E-state index in [4.69, 9.17) is 16.6 Å².